The molecule has 6 nitrogen and oxygen atoms in total. The van der Waals surface area contributed by atoms with Crippen LogP contribution in [0.4, 0.5) is 0 Å². The molecule has 0 unspecified atom stereocenters. The van der Waals surface area contributed by atoms with Crippen LogP contribution in [0.1, 0.15) is 43.2 Å². The van der Waals surface area contributed by atoms with E-state index in [0.717, 1.165) is 17.5 Å². The Morgan fingerprint density at radius 1 is 1.39 bits per heavy atom. The van der Waals surface area contributed by atoms with E-state index in [2.05, 4.69) is 31.8 Å². The van der Waals surface area contributed by atoms with Gasteiger partial charge in [-0.05, 0) is 26.7 Å². The van der Waals surface area contributed by atoms with Gasteiger partial charge in [0.05, 0.1) is 5.75 Å². The molecule has 1 aliphatic carbocycles. The van der Waals surface area contributed by atoms with Crippen LogP contribution >= 0.6 is 11.8 Å². The van der Waals surface area contributed by atoms with Gasteiger partial charge in [-0.3, -0.25) is 0 Å². The van der Waals surface area contributed by atoms with E-state index in [1.807, 2.05) is 6.92 Å². The van der Waals surface area contributed by atoms with Crippen LogP contribution in [-0.4, -0.2) is 24.9 Å². The van der Waals surface area contributed by atoms with Gasteiger partial charge in [-0.25, -0.2) is 0 Å². The Morgan fingerprint density at radius 2 is 2.22 bits per heavy atom. The highest BCUT2D eigenvalue weighted by molar-refractivity contribution is 7.98. The molecular formula is C11H15N5OS. The number of thioether (sulfide) groups is 1. The Morgan fingerprint density at radius 3 is 2.83 bits per heavy atom. The summed E-state index contributed by atoms with van der Waals surface area (Å²) >= 11 is 1.60. The van der Waals surface area contributed by atoms with Crippen LogP contribution in [0.3, 0.4) is 0 Å². The van der Waals surface area contributed by atoms with E-state index in [4.69, 9.17) is 4.52 Å². The summed E-state index contributed by atoms with van der Waals surface area (Å²) in [6, 6.07) is 0. The van der Waals surface area contributed by atoms with Crippen LogP contribution in [0.2, 0.25) is 0 Å². The smallest absolute Gasteiger partial charge is 0.237 e. The molecule has 1 saturated carbocycles. The zero-order valence-electron chi connectivity index (χ0n) is 10.5. The number of aromatic nitrogens is 5. The van der Waals surface area contributed by atoms with Crippen molar-refractivity contribution in [3.8, 4) is 0 Å². The molecule has 2 aromatic heterocycles. The molecular weight excluding hydrogens is 250 g/mol. The number of rotatable bonds is 5. The molecule has 0 aromatic carbocycles. The summed E-state index contributed by atoms with van der Waals surface area (Å²) < 4.78 is 7.27. The molecule has 0 amide bonds. The van der Waals surface area contributed by atoms with E-state index in [0.29, 0.717) is 23.4 Å². The maximum Gasteiger partial charge on any atom is 0.237 e. The van der Waals surface area contributed by atoms with Gasteiger partial charge in [0.1, 0.15) is 5.82 Å². The Bertz CT molecular complexity index is 545. The Hall–Kier alpha value is -1.37. The largest absolute Gasteiger partial charge is 0.338 e. The van der Waals surface area contributed by atoms with E-state index in [1.54, 1.807) is 11.8 Å². The van der Waals surface area contributed by atoms with E-state index in [-0.39, 0.29) is 0 Å². The standard InChI is InChI=1S/C11H15N5OS/c1-3-16-10(8-4-5-8)13-14-11(16)18-6-9-12-7(2)15-17-9/h8H,3-6H2,1-2H3. The number of aryl methyl sites for hydroxylation is 1. The lowest BCUT2D eigenvalue weighted by Gasteiger charge is -2.04. The molecule has 0 aliphatic heterocycles. The minimum Gasteiger partial charge on any atom is -0.338 e. The van der Waals surface area contributed by atoms with Crippen molar-refractivity contribution in [2.24, 2.45) is 0 Å². The SMILES string of the molecule is CCn1c(SCc2nc(C)no2)nnc1C1CC1. The van der Waals surface area contributed by atoms with Gasteiger partial charge >= 0.3 is 0 Å². The quantitative estimate of drug-likeness (QED) is 0.772. The van der Waals surface area contributed by atoms with Gasteiger partial charge in [-0.1, -0.05) is 16.9 Å². The molecule has 0 radical (unpaired) electrons. The van der Waals surface area contributed by atoms with Crippen LogP contribution in [0.5, 0.6) is 0 Å². The summed E-state index contributed by atoms with van der Waals surface area (Å²) in [6.07, 6.45) is 2.48. The number of hydrogen-bond acceptors (Lipinski definition) is 6. The third-order valence-corrected chi connectivity index (χ3v) is 3.85. The van der Waals surface area contributed by atoms with Crippen molar-refractivity contribution in [1.29, 1.82) is 0 Å². The highest BCUT2D eigenvalue weighted by atomic mass is 32.2. The third-order valence-electron chi connectivity index (χ3n) is 2.90. The zero-order chi connectivity index (χ0) is 12.5. The molecule has 0 atom stereocenters. The fraction of sp³-hybridized carbons (Fsp3) is 0.636. The first-order valence-corrected chi connectivity index (χ1v) is 7.11. The Kier molecular flexibility index (Phi) is 3.07. The van der Waals surface area contributed by atoms with Gasteiger partial charge < -0.3 is 9.09 Å². The molecule has 18 heavy (non-hydrogen) atoms. The van der Waals surface area contributed by atoms with Crippen LogP contribution in [0.25, 0.3) is 0 Å². The highest BCUT2D eigenvalue weighted by Gasteiger charge is 2.30. The summed E-state index contributed by atoms with van der Waals surface area (Å²) in [6.45, 7) is 4.84. The second-order valence-electron chi connectivity index (χ2n) is 4.38. The summed E-state index contributed by atoms with van der Waals surface area (Å²) in [5.74, 6) is 3.69. The van der Waals surface area contributed by atoms with Gasteiger partial charge in [0.25, 0.3) is 0 Å². The topological polar surface area (TPSA) is 69.6 Å². The second-order valence-corrected chi connectivity index (χ2v) is 5.33. The van der Waals surface area contributed by atoms with Crippen LogP contribution in [0.15, 0.2) is 9.68 Å². The van der Waals surface area contributed by atoms with Gasteiger partial charge in [-0.15, -0.1) is 10.2 Å². The maximum absolute atomic E-state index is 5.09. The Labute approximate surface area is 109 Å². The number of nitrogens with zero attached hydrogens (tertiary/aromatic N) is 5. The molecule has 1 aliphatic rings. The van der Waals surface area contributed by atoms with Crippen LogP contribution < -0.4 is 0 Å². The van der Waals surface area contributed by atoms with Crippen molar-refractivity contribution in [3.05, 3.63) is 17.5 Å². The molecule has 2 heterocycles. The molecule has 0 spiro atoms. The molecule has 0 N–H and O–H groups in total. The van der Waals surface area contributed by atoms with E-state index in [9.17, 15) is 0 Å². The second kappa shape index (κ2) is 4.72. The van der Waals surface area contributed by atoms with Crippen molar-refractivity contribution < 1.29 is 4.52 Å². The minimum atomic E-state index is 0.623. The van der Waals surface area contributed by atoms with Gasteiger partial charge in [0.15, 0.2) is 11.0 Å². The predicted octanol–water partition coefficient (Wildman–Crippen LogP) is 2.16. The molecule has 3 rings (SSSR count). The fourth-order valence-corrected chi connectivity index (χ4v) is 2.72. The van der Waals surface area contributed by atoms with Crippen molar-refractivity contribution >= 4 is 11.8 Å². The summed E-state index contributed by atoms with van der Waals surface area (Å²) in [7, 11) is 0. The van der Waals surface area contributed by atoms with Crippen molar-refractivity contribution in [2.75, 3.05) is 0 Å². The first kappa shape index (κ1) is 11.7. The molecule has 1 fully saturated rings. The van der Waals surface area contributed by atoms with Crippen molar-refractivity contribution in [3.63, 3.8) is 0 Å². The van der Waals surface area contributed by atoms with Gasteiger partial charge in [0.2, 0.25) is 5.89 Å². The lowest BCUT2D eigenvalue weighted by atomic mass is 10.4. The van der Waals surface area contributed by atoms with E-state index < -0.39 is 0 Å². The zero-order valence-corrected chi connectivity index (χ0v) is 11.3. The average Bonchev–Trinajstić information content (AvgIpc) is 3.00. The average molecular weight is 265 g/mol. The monoisotopic (exact) mass is 265 g/mol. The Balaban J connectivity index is 1.72. The normalized spacial score (nSPS) is 15.2. The lowest BCUT2D eigenvalue weighted by molar-refractivity contribution is 0.387. The highest BCUT2D eigenvalue weighted by Crippen LogP contribution is 2.40. The molecule has 7 heteroatoms. The van der Waals surface area contributed by atoms with E-state index in [1.165, 1.54) is 12.8 Å². The van der Waals surface area contributed by atoms with Gasteiger partial charge in [-0.2, -0.15) is 4.98 Å². The fourth-order valence-electron chi connectivity index (χ4n) is 1.87. The lowest BCUT2D eigenvalue weighted by Crippen LogP contribution is -2.02. The predicted molar refractivity (Wildman–Crippen MR) is 66.3 cm³/mol. The van der Waals surface area contributed by atoms with Crippen molar-refractivity contribution in [2.45, 2.75) is 50.1 Å². The minimum absolute atomic E-state index is 0.623. The van der Waals surface area contributed by atoms with E-state index >= 15 is 0 Å². The van der Waals surface area contributed by atoms with Gasteiger partial charge in [0, 0.05) is 12.5 Å². The van der Waals surface area contributed by atoms with Crippen molar-refractivity contribution in [1.82, 2.24) is 24.9 Å². The summed E-state index contributed by atoms with van der Waals surface area (Å²) in [5.41, 5.74) is 0. The first-order valence-electron chi connectivity index (χ1n) is 6.13. The first-order chi connectivity index (χ1) is 8.78. The summed E-state index contributed by atoms with van der Waals surface area (Å²) in [4.78, 5) is 4.18. The summed E-state index contributed by atoms with van der Waals surface area (Å²) in [5, 5.41) is 13.3. The molecule has 96 valence electrons. The maximum atomic E-state index is 5.09. The molecule has 0 bridgehead atoms. The van der Waals surface area contributed by atoms with Crippen LogP contribution in [-0.2, 0) is 12.3 Å². The van der Waals surface area contributed by atoms with Crippen LogP contribution in [0, 0.1) is 6.92 Å². The third kappa shape index (κ3) is 2.27. The number of hydrogen-bond donors (Lipinski definition) is 0. The molecule has 0 saturated heterocycles. The molecule has 2 aromatic rings.